The first-order valence-electron chi connectivity index (χ1n) is 3.84. The van der Waals surface area contributed by atoms with Crippen molar-refractivity contribution in [2.45, 2.75) is 19.1 Å². The highest BCUT2D eigenvalue weighted by Gasteiger charge is 2.14. The second kappa shape index (κ2) is 3.56. The normalized spacial score (nSPS) is 15.6. The highest BCUT2D eigenvalue weighted by molar-refractivity contribution is 5.34. The number of rotatable bonds is 2. The van der Waals surface area contributed by atoms with Crippen LogP contribution in [0.5, 0.6) is 5.75 Å². The Hall–Kier alpha value is -1.06. The zero-order chi connectivity index (χ0) is 9.14. The molecule has 0 aliphatic rings. The van der Waals surface area contributed by atoms with Gasteiger partial charge in [0.05, 0.1) is 12.1 Å². The summed E-state index contributed by atoms with van der Waals surface area (Å²) in [6.07, 6.45) is -0.654. The molecule has 0 bridgehead atoms. The first-order valence-corrected chi connectivity index (χ1v) is 3.84. The first-order chi connectivity index (χ1) is 5.63. The van der Waals surface area contributed by atoms with E-state index < -0.39 is 12.1 Å². The predicted octanol–water partition coefficient (Wildman–Crippen LogP) is 0.773. The van der Waals surface area contributed by atoms with Crippen LogP contribution < -0.4 is 5.73 Å². The summed E-state index contributed by atoms with van der Waals surface area (Å²) in [6.45, 7) is 1.59. The molecule has 0 fully saturated rings. The average molecular weight is 167 g/mol. The van der Waals surface area contributed by atoms with Crippen LogP contribution in [-0.2, 0) is 0 Å². The number of para-hydroxylation sites is 1. The zero-order valence-electron chi connectivity index (χ0n) is 6.94. The van der Waals surface area contributed by atoms with Crippen LogP contribution in [0.25, 0.3) is 0 Å². The average Bonchev–Trinajstić information content (AvgIpc) is 2.04. The quantitative estimate of drug-likeness (QED) is 0.609. The Balaban J connectivity index is 2.94. The fourth-order valence-corrected chi connectivity index (χ4v) is 1.03. The van der Waals surface area contributed by atoms with Gasteiger partial charge in [-0.25, -0.2) is 0 Å². The van der Waals surface area contributed by atoms with Gasteiger partial charge in [-0.2, -0.15) is 0 Å². The van der Waals surface area contributed by atoms with Gasteiger partial charge in [0.15, 0.2) is 0 Å². The third-order valence-electron chi connectivity index (χ3n) is 1.82. The first kappa shape index (κ1) is 9.03. The lowest BCUT2D eigenvalue weighted by Crippen LogP contribution is -2.23. The van der Waals surface area contributed by atoms with Gasteiger partial charge in [-0.1, -0.05) is 18.2 Å². The maximum absolute atomic E-state index is 9.34. The van der Waals surface area contributed by atoms with Gasteiger partial charge in [0.2, 0.25) is 0 Å². The molecule has 0 unspecified atom stereocenters. The summed E-state index contributed by atoms with van der Waals surface area (Å²) < 4.78 is 0. The van der Waals surface area contributed by atoms with Gasteiger partial charge in [-0.3, -0.25) is 0 Å². The van der Waals surface area contributed by atoms with Crippen LogP contribution >= 0.6 is 0 Å². The van der Waals surface area contributed by atoms with Crippen molar-refractivity contribution >= 4 is 0 Å². The van der Waals surface area contributed by atoms with E-state index in [1.165, 1.54) is 0 Å². The second-order valence-electron chi connectivity index (χ2n) is 2.83. The predicted molar refractivity (Wildman–Crippen MR) is 46.7 cm³/mol. The summed E-state index contributed by atoms with van der Waals surface area (Å²) in [4.78, 5) is 0. The number of aromatic hydroxyl groups is 1. The maximum Gasteiger partial charge on any atom is 0.120 e. The minimum atomic E-state index is -0.654. The van der Waals surface area contributed by atoms with E-state index in [-0.39, 0.29) is 5.75 Å². The molecule has 0 saturated carbocycles. The summed E-state index contributed by atoms with van der Waals surface area (Å²) >= 11 is 0. The molecule has 2 atom stereocenters. The Morgan fingerprint density at radius 3 is 2.42 bits per heavy atom. The number of phenolic OH excluding ortho intramolecular Hbond substituents is 1. The fraction of sp³-hybridized carbons (Fsp3) is 0.333. The van der Waals surface area contributed by atoms with Gasteiger partial charge in [-0.15, -0.1) is 0 Å². The lowest BCUT2D eigenvalue weighted by atomic mass is 10.0. The molecule has 3 nitrogen and oxygen atoms in total. The van der Waals surface area contributed by atoms with Crippen LogP contribution in [0.2, 0.25) is 0 Å². The van der Waals surface area contributed by atoms with Crippen molar-refractivity contribution in [3.63, 3.8) is 0 Å². The van der Waals surface area contributed by atoms with Crippen molar-refractivity contribution in [2.24, 2.45) is 5.73 Å². The Kier molecular flexibility index (Phi) is 2.68. The van der Waals surface area contributed by atoms with E-state index in [0.717, 1.165) is 0 Å². The number of hydrogen-bond donors (Lipinski definition) is 3. The molecule has 4 N–H and O–H groups in total. The SMILES string of the molecule is C[C@@H](O)[C@H](N)c1ccccc1O. The lowest BCUT2D eigenvalue weighted by molar-refractivity contribution is 0.163. The van der Waals surface area contributed by atoms with E-state index in [4.69, 9.17) is 10.8 Å². The van der Waals surface area contributed by atoms with Crippen LogP contribution in [-0.4, -0.2) is 16.3 Å². The van der Waals surface area contributed by atoms with Crippen LogP contribution in [0.15, 0.2) is 24.3 Å². The summed E-state index contributed by atoms with van der Waals surface area (Å²) in [5, 5.41) is 18.5. The smallest absolute Gasteiger partial charge is 0.120 e. The van der Waals surface area contributed by atoms with Crippen molar-refractivity contribution in [1.82, 2.24) is 0 Å². The van der Waals surface area contributed by atoms with E-state index in [1.54, 1.807) is 31.2 Å². The molecule has 12 heavy (non-hydrogen) atoms. The second-order valence-corrected chi connectivity index (χ2v) is 2.83. The standard InChI is InChI=1S/C9H13NO2/c1-6(11)9(10)7-4-2-3-5-8(7)12/h2-6,9,11-12H,10H2,1H3/t6-,9+/m1/s1. The summed E-state index contributed by atoms with van der Waals surface area (Å²) in [5.74, 6) is 0.130. The summed E-state index contributed by atoms with van der Waals surface area (Å²) in [6, 6.07) is 6.22. The summed E-state index contributed by atoms with van der Waals surface area (Å²) in [7, 11) is 0. The lowest BCUT2D eigenvalue weighted by Gasteiger charge is -2.15. The number of benzene rings is 1. The topological polar surface area (TPSA) is 66.5 Å². The largest absolute Gasteiger partial charge is 0.508 e. The Labute approximate surface area is 71.5 Å². The van der Waals surface area contributed by atoms with Gasteiger partial charge < -0.3 is 15.9 Å². The maximum atomic E-state index is 9.34. The number of aliphatic hydroxyl groups excluding tert-OH is 1. The van der Waals surface area contributed by atoms with E-state index >= 15 is 0 Å². The molecular weight excluding hydrogens is 154 g/mol. The highest BCUT2D eigenvalue weighted by Crippen LogP contribution is 2.23. The third-order valence-corrected chi connectivity index (χ3v) is 1.82. The molecular formula is C9H13NO2. The third kappa shape index (κ3) is 1.75. The molecule has 0 aliphatic heterocycles. The zero-order valence-corrected chi connectivity index (χ0v) is 6.94. The van der Waals surface area contributed by atoms with Crippen LogP contribution in [0.3, 0.4) is 0 Å². The minimum absolute atomic E-state index is 0.130. The molecule has 66 valence electrons. The monoisotopic (exact) mass is 167 g/mol. The van der Waals surface area contributed by atoms with Gasteiger partial charge in [0.1, 0.15) is 5.75 Å². The molecule has 0 aromatic heterocycles. The van der Waals surface area contributed by atoms with Gasteiger partial charge >= 0.3 is 0 Å². The highest BCUT2D eigenvalue weighted by atomic mass is 16.3. The van der Waals surface area contributed by atoms with Gasteiger partial charge in [-0.05, 0) is 13.0 Å². The molecule has 0 radical (unpaired) electrons. The van der Waals surface area contributed by atoms with Crippen molar-refractivity contribution < 1.29 is 10.2 Å². The van der Waals surface area contributed by atoms with Crippen molar-refractivity contribution in [3.8, 4) is 5.75 Å². The van der Waals surface area contributed by atoms with E-state index in [2.05, 4.69) is 0 Å². The van der Waals surface area contributed by atoms with E-state index in [0.29, 0.717) is 5.56 Å². The Bertz CT molecular complexity index is 260. The molecule has 0 spiro atoms. The van der Waals surface area contributed by atoms with Crippen LogP contribution in [0.4, 0.5) is 0 Å². The van der Waals surface area contributed by atoms with Crippen LogP contribution in [0, 0.1) is 0 Å². The van der Waals surface area contributed by atoms with Gasteiger partial charge in [0, 0.05) is 5.56 Å². The Morgan fingerprint density at radius 1 is 1.33 bits per heavy atom. The molecule has 1 rings (SSSR count). The molecule has 1 aromatic rings. The molecule has 3 heteroatoms. The number of aliphatic hydroxyl groups is 1. The van der Waals surface area contributed by atoms with Gasteiger partial charge in [0.25, 0.3) is 0 Å². The van der Waals surface area contributed by atoms with E-state index in [9.17, 15) is 5.11 Å². The summed E-state index contributed by atoms with van der Waals surface area (Å²) in [5.41, 5.74) is 6.20. The molecule has 1 aromatic carbocycles. The molecule has 0 amide bonds. The molecule has 0 saturated heterocycles. The fourth-order valence-electron chi connectivity index (χ4n) is 1.03. The molecule has 0 heterocycles. The number of phenols is 1. The minimum Gasteiger partial charge on any atom is -0.508 e. The Morgan fingerprint density at radius 2 is 1.92 bits per heavy atom. The molecule has 0 aliphatic carbocycles. The van der Waals surface area contributed by atoms with Crippen molar-refractivity contribution in [2.75, 3.05) is 0 Å². The van der Waals surface area contributed by atoms with Crippen molar-refractivity contribution in [3.05, 3.63) is 29.8 Å². The number of nitrogens with two attached hydrogens (primary N) is 1. The number of hydrogen-bond acceptors (Lipinski definition) is 3. The van der Waals surface area contributed by atoms with Crippen LogP contribution in [0.1, 0.15) is 18.5 Å². The van der Waals surface area contributed by atoms with Crippen molar-refractivity contribution in [1.29, 1.82) is 0 Å². The van der Waals surface area contributed by atoms with E-state index in [1.807, 2.05) is 0 Å².